The van der Waals surface area contributed by atoms with Crippen LogP contribution in [0.25, 0.3) is 0 Å². The summed E-state index contributed by atoms with van der Waals surface area (Å²) < 4.78 is 0. The summed E-state index contributed by atoms with van der Waals surface area (Å²) in [6.45, 7) is 6.09. The third-order valence-corrected chi connectivity index (χ3v) is 4.87. The van der Waals surface area contributed by atoms with Crippen LogP contribution < -0.4 is 15.6 Å². The average Bonchev–Trinajstić information content (AvgIpc) is 3.10. The zero-order valence-corrected chi connectivity index (χ0v) is 17.7. The van der Waals surface area contributed by atoms with Gasteiger partial charge in [-0.1, -0.05) is 46.7 Å². The van der Waals surface area contributed by atoms with Crippen LogP contribution in [0.1, 0.15) is 24.4 Å². The molecule has 0 saturated heterocycles. The lowest BCUT2D eigenvalue weighted by atomic mass is 10.2. The Morgan fingerprint density at radius 1 is 1.21 bits per heavy atom. The van der Waals surface area contributed by atoms with Crippen LogP contribution in [0.4, 0.5) is 10.8 Å². The number of nitrogens with one attached hydrogen (secondary N) is 2. The van der Waals surface area contributed by atoms with E-state index in [1.165, 1.54) is 0 Å². The molecule has 1 aromatic carbocycles. The minimum absolute atomic E-state index is 0.0169. The van der Waals surface area contributed by atoms with Gasteiger partial charge in [0.15, 0.2) is 4.84 Å². The molecule has 1 heterocycles. The van der Waals surface area contributed by atoms with Crippen LogP contribution in [0.15, 0.2) is 29.4 Å². The number of anilines is 2. The highest BCUT2D eigenvalue weighted by molar-refractivity contribution is 7.15. The predicted octanol–water partition coefficient (Wildman–Crippen LogP) is 2.82. The number of hydrazone groups is 1. The molecule has 150 valence electrons. The maximum atomic E-state index is 11.9. The standard InChI is InChI=1S/C17H20Cl2N6O2S/c1-3-25(4-2)12-7-5-11(6-8-12)10-20-22-13(26)9-14-23-24-17(28-14)21-16(27)15(18)19/h5-8,10,15H,3-4,9H2,1-2H3,(H,22,26)(H,21,24,27). The summed E-state index contributed by atoms with van der Waals surface area (Å²) in [6.07, 6.45) is 1.55. The molecular formula is C17H20Cl2N6O2S. The van der Waals surface area contributed by atoms with Crippen molar-refractivity contribution in [3.63, 3.8) is 0 Å². The molecular weight excluding hydrogens is 423 g/mol. The van der Waals surface area contributed by atoms with Gasteiger partial charge in [-0.15, -0.1) is 10.2 Å². The van der Waals surface area contributed by atoms with E-state index in [0.717, 1.165) is 35.7 Å². The largest absolute Gasteiger partial charge is 0.372 e. The normalized spacial score (nSPS) is 11.0. The fourth-order valence-corrected chi connectivity index (χ4v) is 3.10. The lowest BCUT2D eigenvalue weighted by molar-refractivity contribution is -0.120. The molecule has 0 unspecified atom stereocenters. The first kappa shape index (κ1) is 22.1. The summed E-state index contributed by atoms with van der Waals surface area (Å²) in [7, 11) is 0. The molecule has 0 fully saturated rings. The molecule has 0 aliphatic heterocycles. The Hall–Kier alpha value is -2.23. The van der Waals surface area contributed by atoms with Gasteiger partial charge in [0.1, 0.15) is 5.01 Å². The van der Waals surface area contributed by atoms with Crippen LogP contribution >= 0.6 is 34.5 Å². The van der Waals surface area contributed by atoms with Crippen molar-refractivity contribution < 1.29 is 9.59 Å². The number of hydrogen-bond donors (Lipinski definition) is 2. The summed E-state index contributed by atoms with van der Waals surface area (Å²) >= 11 is 11.9. The molecule has 0 atom stereocenters. The molecule has 0 radical (unpaired) electrons. The molecule has 0 aliphatic rings. The monoisotopic (exact) mass is 442 g/mol. The number of rotatable bonds is 9. The summed E-state index contributed by atoms with van der Waals surface area (Å²) in [5, 5.41) is 14.6. The fraction of sp³-hybridized carbons (Fsp3) is 0.353. The molecule has 0 bridgehead atoms. The van der Waals surface area contributed by atoms with Crippen molar-refractivity contribution in [1.82, 2.24) is 15.6 Å². The fourth-order valence-electron chi connectivity index (χ4n) is 2.25. The number of carbonyl (C=O) groups excluding carboxylic acids is 2. The molecule has 2 aromatic rings. The molecule has 2 rings (SSSR count). The quantitative estimate of drug-likeness (QED) is 0.353. The van der Waals surface area contributed by atoms with E-state index in [2.05, 4.69) is 44.8 Å². The van der Waals surface area contributed by atoms with Crippen molar-refractivity contribution in [3.8, 4) is 0 Å². The van der Waals surface area contributed by atoms with Gasteiger partial charge in [0.05, 0.1) is 12.6 Å². The van der Waals surface area contributed by atoms with E-state index in [1.807, 2.05) is 24.3 Å². The summed E-state index contributed by atoms with van der Waals surface area (Å²) in [4.78, 5) is 24.4. The van der Waals surface area contributed by atoms with Crippen molar-refractivity contribution in [2.75, 3.05) is 23.3 Å². The van der Waals surface area contributed by atoms with Crippen molar-refractivity contribution in [2.24, 2.45) is 5.10 Å². The zero-order valence-electron chi connectivity index (χ0n) is 15.4. The number of halogens is 2. The summed E-state index contributed by atoms with van der Waals surface area (Å²) in [5.41, 5.74) is 4.45. The Morgan fingerprint density at radius 3 is 2.50 bits per heavy atom. The van der Waals surface area contributed by atoms with Gasteiger partial charge in [-0.2, -0.15) is 5.10 Å². The first-order valence-electron chi connectivity index (χ1n) is 8.51. The number of aromatic nitrogens is 2. The highest BCUT2D eigenvalue weighted by atomic mass is 35.5. The molecule has 0 spiro atoms. The van der Waals surface area contributed by atoms with Gasteiger partial charge in [-0.25, -0.2) is 5.43 Å². The molecule has 0 aliphatic carbocycles. The Labute approximate surface area is 176 Å². The van der Waals surface area contributed by atoms with Gasteiger partial charge in [0, 0.05) is 18.8 Å². The average molecular weight is 443 g/mol. The smallest absolute Gasteiger partial charge is 0.259 e. The number of nitrogens with zero attached hydrogens (tertiary/aromatic N) is 4. The highest BCUT2D eigenvalue weighted by Gasteiger charge is 2.15. The van der Waals surface area contributed by atoms with Crippen LogP contribution in [-0.4, -0.2) is 46.2 Å². The van der Waals surface area contributed by atoms with Crippen molar-refractivity contribution in [3.05, 3.63) is 34.8 Å². The van der Waals surface area contributed by atoms with Gasteiger partial charge in [-0.05, 0) is 31.5 Å². The SMILES string of the molecule is CCN(CC)c1ccc(C=NNC(=O)Cc2nnc(NC(=O)C(Cl)Cl)s2)cc1. The minimum Gasteiger partial charge on any atom is -0.372 e. The first-order chi connectivity index (χ1) is 13.4. The number of alkyl halides is 2. The van der Waals surface area contributed by atoms with E-state index in [1.54, 1.807) is 6.21 Å². The van der Waals surface area contributed by atoms with E-state index in [-0.39, 0.29) is 17.5 Å². The summed E-state index contributed by atoms with van der Waals surface area (Å²) in [6, 6.07) is 7.90. The second-order valence-electron chi connectivity index (χ2n) is 5.52. The van der Waals surface area contributed by atoms with Gasteiger partial charge in [0.25, 0.3) is 5.91 Å². The van der Waals surface area contributed by atoms with Gasteiger partial charge in [0.2, 0.25) is 11.0 Å². The van der Waals surface area contributed by atoms with E-state index < -0.39 is 10.7 Å². The zero-order chi connectivity index (χ0) is 20.5. The predicted molar refractivity (Wildman–Crippen MR) is 113 cm³/mol. The van der Waals surface area contributed by atoms with Crippen LogP contribution in [0, 0.1) is 0 Å². The third kappa shape index (κ3) is 6.74. The minimum atomic E-state index is -1.20. The Bertz CT molecular complexity index is 821. The van der Waals surface area contributed by atoms with E-state index >= 15 is 0 Å². The van der Waals surface area contributed by atoms with E-state index in [9.17, 15) is 9.59 Å². The maximum absolute atomic E-state index is 11.9. The number of amides is 2. The maximum Gasteiger partial charge on any atom is 0.259 e. The van der Waals surface area contributed by atoms with Gasteiger partial charge >= 0.3 is 0 Å². The van der Waals surface area contributed by atoms with Gasteiger partial charge in [-0.3, -0.25) is 14.9 Å². The number of benzene rings is 1. The van der Waals surface area contributed by atoms with Crippen molar-refractivity contribution in [1.29, 1.82) is 0 Å². The van der Waals surface area contributed by atoms with Crippen molar-refractivity contribution in [2.45, 2.75) is 25.1 Å². The topological polar surface area (TPSA) is 99.6 Å². The lowest BCUT2D eigenvalue weighted by Crippen LogP contribution is -2.21. The highest BCUT2D eigenvalue weighted by Crippen LogP contribution is 2.17. The second-order valence-corrected chi connectivity index (χ2v) is 7.68. The third-order valence-electron chi connectivity index (χ3n) is 3.63. The molecule has 8 nitrogen and oxygen atoms in total. The Kier molecular flexibility index (Phi) is 8.62. The number of hydrogen-bond acceptors (Lipinski definition) is 7. The van der Waals surface area contributed by atoms with E-state index in [4.69, 9.17) is 23.2 Å². The number of carbonyl (C=O) groups is 2. The summed E-state index contributed by atoms with van der Waals surface area (Å²) in [5.74, 6) is -0.954. The second kappa shape index (κ2) is 10.9. The molecule has 2 N–H and O–H groups in total. The van der Waals surface area contributed by atoms with Gasteiger partial charge < -0.3 is 4.90 Å². The molecule has 1 aromatic heterocycles. The van der Waals surface area contributed by atoms with Crippen LogP contribution in [0.3, 0.4) is 0 Å². The Balaban J connectivity index is 1.84. The first-order valence-corrected chi connectivity index (χ1v) is 10.2. The Morgan fingerprint density at radius 2 is 1.89 bits per heavy atom. The molecule has 2 amide bonds. The molecule has 11 heteroatoms. The molecule has 28 heavy (non-hydrogen) atoms. The molecule has 0 saturated carbocycles. The lowest BCUT2D eigenvalue weighted by Gasteiger charge is -2.20. The van der Waals surface area contributed by atoms with Crippen LogP contribution in [-0.2, 0) is 16.0 Å². The van der Waals surface area contributed by atoms with Crippen molar-refractivity contribution >= 4 is 63.4 Å². The van der Waals surface area contributed by atoms with Crippen LogP contribution in [0.5, 0.6) is 0 Å². The van der Waals surface area contributed by atoms with E-state index in [0.29, 0.717) is 5.01 Å². The van der Waals surface area contributed by atoms with Crippen LogP contribution in [0.2, 0.25) is 0 Å².